The van der Waals surface area contributed by atoms with Gasteiger partial charge in [0.25, 0.3) is 5.91 Å². The Bertz CT molecular complexity index is 400. The number of nitrogens with one attached hydrogen (secondary N) is 1. The third kappa shape index (κ3) is 1.14. The molecule has 3 fully saturated rings. The highest BCUT2D eigenvalue weighted by atomic mass is 16.4. The highest BCUT2D eigenvalue weighted by Crippen LogP contribution is 2.41. The van der Waals surface area contributed by atoms with Crippen LogP contribution in [-0.4, -0.2) is 68.5 Å². The van der Waals surface area contributed by atoms with Crippen molar-refractivity contribution >= 4 is 11.8 Å². The number of aliphatic hydroxyl groups excluding tert-OH is 2. The number of hydrogen-bond acceptors (Lipinski definition) is 6. The summed E-state index contributed by atoms with van der Waals surface area (Å²) in [4.78, 5) is 24.8. The average molecular weight is 242 g/mol. The van der Waals surface area contributed by atoms with E-state index in [0.717, 1.165) is 0 Å². The van der Waals surface area contributed by atoms with Crippen LogP contribution in [0.25, 0.3) is 0 Å². The fourth-order valence-electron chi connectivity index (χ4n) is 3.28. The van der Waals surface area contributed by atoms with E-state index in [9.17, 15) is 24.9 Å². The highest BCUT2D eigenvalue weighted by molar-refractivity contribution is 6.12. The van der Waals surface area contributed by atoms with Crippen LogP contribution < -0.4 is 5.32 Å². The zero-order valence-electron chi connectivity index (χ0n) is 9.04. The maximum absolute atomic E-state index is 11.7. The van der Waals surface area contributed by atoms with Crippen LogP contribution in [0.4, 0.5) is 0 Å². The van der Waals surface area contributed by atoms with Gasteiger partial charge in [0.15, 0.2) is 5.60 Å². The molecule has 0 aromatic rings. The molecule has 0 radical (unpaired) electrons. The first-order chi connectivity index (χ1) is 7.98. The quantitative estimate of drug-likeness (QED) is 0.336. The Morgan fingerprint density at radius 3 is 2.76 bits per heavy atom. The SMILES string of the molecule is O=C1NC(=O)[C@@]2(O)C1N1CCC[C@@H](O)[C@@H]1[C@@H]2O. The van der Waals surface area contributed by atoms with Gasteiger partial charge < -0.3 is 15.3 Å². The lowest BCUT2D eigenvalue weighted by molar-refractivity contribution is -0.145. The van der Waals surface area contributed by atoms with Crippen molar-refractivity contribution in [2.45, 2.75) is 42.7 Å². The number of hydrogen-bond donors (Lipinski definition) is 4. The minimum absolute atomic E-state index is 0.479. The average Bonchev–Trinajstić information content (AvgIpc) is 2.63. The molecule has 0 aliphatic carbocycles. The van der Waals surface area contributed by atoms with Gasteiger partial charge in [-0.25, -0.2) is 0 Å². The molecule has 0 saturated carbocycles. The standard InChI is InChI=1S/C10H14N2O5/c13-4-2-1-3-12-5(4)7(14)10(17)6(12)8(15)11-9(10)16/h4-7,13-14,17H,1-3H2,(H,11,15,16)/t4-,5-,6?,7+,10-/m1/s1. The zero-order valence-corrected chi connectivity index (χ0v) is 9.04. The van der Waals surface area contributed by atoms with E-state index in [0.29, 0.717) is 19.4 Å². The number of fused-ring (bicyclic) bond motifs is 3. The van der Waals surface area contributed by atoms with E-state index in [4.69, 9.17) is 0 Å². The van der Waals surface area contributed by atoms with Crippen molar-refractivity contribution in [1.82, 2.24) is 10.2 Å². The fraction of sp³-hybridized carbons (Fsp3) is 0.800. The summed E-state index contributed by atoms with van der Waals surface area (Å²) in [5.41, 5.74) is -2.12. The molecular weight excluding hydrogens is 228 g/mol. The third-order valence-corrected chi connectivity index (χ3v) is 4.07. The number of rotatable bonds is 0. The summed E-state index contributed by atoms with van der Waals surface area (Å²) in [5, 5.41) is 32.2. The van der Waals surface area contributed by atoms with Crippen LogP contribution in [0.3, 0.4) is 0 Å². The summed E-state index contributed by atoms with van der Waals surface area (Å²) in [6, 6.07) is -1.82. The molecule has 5 atom stereocenters. The number of piperidine rings is 1. The number of carbonyl (C=O) groups excluding carboxylic acids is 2. The Hall–Kier alpha value is -1.02. The maximum atomic E-state index is 11.7. The molecule has 0 aromatic heterocycles. The normalized spacial score (nSPS) is 50.1. The Morgan fingerprint density at radius 1 is 1.35 bits per heavy atom. The minimum atomic E-state index is -2.12. The zero-order chi connectivity index (χ0) is 12.4. The van der Waals surface area contributed by atoms with Gasteiger partial charge in [0.1, 0.15) is 12.1 Å². The van der Waals surface area contributed by atoms with Crippen molar-refractivity contribution in [3.63, 3.8) is 0 Å². The van der Waals surface area contributed by atoms with E-state index < -0.39 is 41.7 Å². The highest BCUT2D eigenvalue weighted by Gasteiger charge is 2.70. The Kier molecular flexibility index (Phi) is 2.13. The molecule has 1 unspecified atom stereocenters. The second-order valence-electron chi connectivity index (χ2n) is 4.93. The molecule has 3 saturated heterocycles. The molecule has 3 rings (SSSR count). The number of nitrogens with zero attached hydrogens (tertiary/aromatic N) is 1. The van der Waals surface area contributed by atoms with Crippen molar-refractivity contribution in [2.75, 3.05) is 6.54 Å². The van der Waals surface area contributed by atoms with Crippen molar-refractivity contribution in [2.24, 2.45) is 0 Å². The third-order valence-electron chi connectivity index (χ3n) is 4.07. The van der Waals surface area contributed by atoms with Crippen molar-refractivity contribution in [3.8, 4) is 0 Å². The van der Waals surface area contributed by atoms with E-state index >= 15 is 0 Å². The van der Waals surface area contributed by atoms with E-state index in [1.165, 1.54) is 0 Å². The lowest BCUT2D eigenvalue weighted by Gasteiger charge is -2.36. The predicted octanol–water partition coefficient (Wildman–Crippen LogP) is -3.06. The number of carbonyl (C=O) groups is 2. The van der Waals surface area contributed by atoms with Crippen LogP contribution in [0.1, 0.15) is 12.8 Å². The summed E-state index contributed by atoms with van der Waals surface area (Å²) < 4.78 is 0. The summed E-state index contributed by atoms with van der Waals surface area (Å²) in [6.45, 7) is 0.479. The molecular formula is C10H14N2O5. The Morgan fingerprint density at radius 2 is 2.06 bits per heavy atom. The molecule has 7 heteroatoms. The smallest absolute Gasteiger partial charge is 0.263 e. The molecule has 3 aliphatic rings. The largest absolute Gasteiger partial charge is 0.391 e. The summed E-state index contributed by atoms with van der Waals surface area (Å²) >= 11 is 0. The second-order valence-corrected chi connectivity index (χ2v) is 4.93. The topological polar surface area (TPSA) is 110 Å². The monoisotopic (exact) mass is 242 g/mol. The van der Waals surface area contributed by atoms with E-state index in [1.54, 1.807) is 4.90 Å². The molecule has 3 aliphatic heterocycles. The van der Waals surface area contributed by atoms with Gasteiger partial charge in [0.2, 0.25) is 5.91 Å². The van der Waals surface area contributed by atoms with Gasteiger partial charge in [0, 0.05) is 0 Å². The lowest BCUT2D eigenvalue weighted by atomic mass is 9.89. The van der Waals surface area contributed by atoms with E-state index in [1.807, 2.05) is 5.32 Å². The van der Waals surface area contributed by atoms with Crippen LogP contribution in [0.2, 0.25) is 0 Å². The second kappa shape index (κ2) is 3.26. The summed E-state index contributed by atoms with van der Waals surface area (Å²) in [6.07, 6.45) is -1.10. The first-order valence-electron chi connectivity index (χ1n) is 5.67. The van der Waals surface area contributed by atoms with Gasteiger partial charge in [-0.3, -0.25) is 19.8 Å². The van der Waals surface area contributed by atoms with Gasteiger partial charge in [-0.15, -0.1) is 0 Å². The van der Waals surface area contributed by atoms with E-state index in [2.05, 4.69) is 0 Å². The van der Waals surface area contributed by atoms with Crippen LogP contribution in [-0.2, 0) is 9.59 Å². The predicted molar refractivity (Wildman–Crippen MR) is 53.6 cm³/mol. The Labute approximate surface area is 97.0 Å². The first-order valence-corrected chi connectivity index (χ1v) is 5.67. The van der Waals surface area contributed by atoms with Gasteiger partial charge in [-0.05, 0) is 19.4 Å². The fourth-order valence-corrected chi connectivity index (χ4v) is 3.28. The molecule has 4 N–H and O–H groups in total. The van der Waals surface area contributed by atoms with Gasteiger partial charge in [-0.2, -0.15) is 0 Å². The number of amides is 2. The summed E-state index contributed by atoms with van der Waals surface area (Å²) in [7, 11) is 0. The molecule has 0 spiro atoms. The molecule has 0 aromatic carbocycles. The maximum Gasteiger partial charge on any atom is 0.263 e. The van der Waals surface area contributed by atoms with Crippen LogP contribution >= 0.6 is 0 Å². The van der Waals surface area contributed by atoms with Crippen LogP contribution in [0.5, 0.6) is 0 Å². The van der Waals surface area contributed by atoms with Gasteiger partial charge >= 0.3 is 0 Å². The molecule has 0 bridgehead atoms. The molecule has 17 heavy (non-hydrogen) atoms. The number of imide groups is 1. The van der Waals surface area contributed by atoms with Crippen molar-refractivity contribution in [3.05, 3.63) is 0 Å². The van der Waals surface area contributed by atoms with Crippen molar-refractivity contribution in [1.29, 1.82) is 0 Å². The molecule has 2 amide bonds. The lowest BCUT2D eigenvalue weighted by Crippen LogP contribution is -2.54. The number of aliphatic hydroxyl groups is 3. The van der Waals surface area contributed by atoms with E-state index in [-0.39, 0.29) is 0 Å². The van der Waals surface area contributed by atoms with Crippen LogP contribution in [0.15, 0.2) is 0 Å². The van der Waals surface area contributed by atoms with Crippen LogP contribution in [0, 0.1) is 0 Å². The molecule has 3 heterocycles. The molecule has 94 valence electrons. The van der Waals surface area contributed by atoms with Gasteiger partial charge in [0.05, 0.1) is 12.1 Å². The molecule has 7 nitrogen and oxygen atoms in total. The Balaban J connectivity index is 2.06. The first kappa shape index (κ1) is 11.1. The summed E-state index contributed by atoms with van der Waals surface area (Å²) in [5.74, 6) is -1.48. The van der Waals surface area contributed by atoms with Gasteiger partial charge in [-0.1, -0.05) is 0 Å². The van der Waals surface area contributed by atoms with Crippen molar-refractivity contribution < 1.29 is 24.9 Å². The minimum Gasteiger partial charge on any atom is -0.391 e.